The van der Waals surface area contributed by atoms with Crippen LogP contribution < -0.4 is 0 Å². The maximum absolute atomic E-state index is 6.23. The van der Waals surface area contributed by atoms with E-state index in [1.165, 1.54) is 70.6 Å². The molecule has 3 fully saturated rings. The van der Waals surface area contributed by atoms with E-state index in [0.29, 0.717) is 10.8 Å². The van der Waals surface area contributed by atoms with Crippen LogP contribution in [0.15, 0.2) is 11.6 Å². The lowest BCUT2D eigenvalue weighted by atomic mass is 9.46. The predicted molar refractivity (Wildman–Crippen MR) is 133 cm³/mol. The fourth-order valence-corrected chi connectivity index (χ4v) is 9.29. The number of hydrogen-bond acceptors (Lipinski definition) is 1. The summed E-state index contributed by atoms with van der Waals surface area (Å²) in [4.78, 5) is 0. The van der Waals surface area contributed by atoms with Crippen LogP contribution in [0.3, 0.4) is 0 Å². The summed E-state index contributed by atoms with van der Waals surface area (Å²) in [5, 5.41) is 0. The van der Waals surface area contributed by atoms with Crippen LogP contribution in [0.4, 0.5) is 0 Å². The van der Waals surface area contributed by atoms with Crippen LogP contribution in [0, 0.1) is 46.3 Å². The summed E-state index contributed by atoms with van der Waals surface area (Å²) >= 11 is 0. The Morgan fingerprint density at radius 3 is 2.45 bits per heavy atom. The van der Waals surface area contributed by atoms with Crippen molar-refractivity contribution in [3.8, 4) is 0 Å². The molecule has 4 aliphatic carbocycles. The van der Waals surface area contributed by atoms with Gasteiger partial charge < -0.3 is 4.74 Å². The van der Waals surface area contributed by atoms with Gasteiger partial charge in [-0.15, -0.1) is 0 Å². The van der Waals surface area contributed by atoms with E-state index in [1.54, 1.807) is 5.57 Å². The second-order valence-electron chi connectivity index (χ2n) is 13.3. The predicted octanol–water partition coefficient (Wildman–Crippen LogP) is 8.82. The van der Waals surface area contributed by atoms with Gasteiger partial charge in [0, 0.05) is 6.61 Å². The second kappa shape index (κ2) is 8.81. The summed E-state index contributed by atoms with van der Waals surface area (Å²) in [5.41, 5.74) is 2.90. The molecule has 0 spiro atoms. The standard InChI is InChI=1S/C30H52O/c1-8-31-28(5)18-19-29(6)23(20-28)12-13-24-26-15-14-25(22(4)11-9-10-21(2)3)30(26,7)17-16-27(24)29/h12,21-22,24-27H,8-11,13-20H2,1-7H3/t22-,24+,25-,26+,27+,28+,29+,30-/m1/s1. The summed E-state index contributed by atoms with van der Waals surface area (Å²) in [6.45, 7) is 18.1. The molecule has 0 saturated heterocycles. The Balaban J connectivity index is 1.49. The fourth-order valence-electron chi connectivity index (χ4n) is 9.29. The summed E-state index contributed by atoms with van der Waals surface area (Å²) in [6.07, 6.45) is 18.1. The van der Waals surface area contributed by atoms with Crippen molar-refractivity contribution in [1.29, 1.82) is 0 Å². The Kier molecular flexibility index (Phi) is 6.78. The molecule has 4 aliphatic rings. The zero-order valence-corrected chi connectivity index (χ0v) is 21.9. The number of allylic oxidation sites excluding steroid dienone is 1. The Bertz CT molecular complexity index is 663. The number of hydrogen-bond donors (Lipinski definition) is 0. The summed E-state index contributed by atoms with van der Waals surface area (Å²) < 4.78 is 6.23. The van der Waals surface area contributed by atoms with Crippen molar-refractivity contribution >= 4 is 0 Å². The lowest BCUT2D eigenvalue weighted by Crippen LogP contribution is -2.52. The third-order valence-electron chi connectivity index (χ3n) is 11.1. The van der Waals surface area contributed by atoms with E-state index in [-0.39, 0.29) is 5.60 Å². The molecule has 1 heteroatoms. The van der Waals surface area contributed by atoms with E-state index in [9.17, 15) is 0 Å². The van der Waals surface area contributed by atoms with E-state index >= 15 is 0 Å². The van der Waals surface area contributed by atoms with Crippen LogP contribution in [-0.4, -0.2) is 12.2 Å². The van der Waals surface area contributed by atoms with Gasteiger partial charge in [-0.1, -0.05) is 65.5 Å². The topological polar surface area (TPSA) is 9.23 Å². The van der Waals surface area contributed by atoms with Crippen LogP contribution in [0.2, 0.25) is 0 Å². The first-order chi connectivity index (χ1) is 14.6. The van der Waals surface area contributed by atoms with Gasteiger partial charge in [0.1, 0.15) is 0 Å². The minimum atomic E-state index is 0.0833. The largest absolute Gasteiger partial charge is 0.375 e. The Hall–Kier alpha value is -0.300. The summed E-state index contributed by atoms with van der Waals surface area (Å²) in [6, 6.07) is 0. The first-order valence-corrected chi connectivity index (χ1v) is 14.0. The zero-order chi connectivity index (χ0) is 22.4. The lowest BCUT2D eigenvalue weighted by Gasteiger charge is -2.59. The van der Waals surface area contributed by atoms with Crippen LogP contribution >= 0.6 is 0 Å². The van der Waals surface area contributed by atoms with E-state index in [1.807, 2.05) is 0 Å². The molecule has 8 atom stereocenters. The molecule has 0 aliphatic heterocycles. The van der Waals surface area contributed by atoms with Gasteiger partial charge in [0.05, 0.1) is 5.60 Å². The molecule has 0 N–H and O–H groups in total. The molecule has 3 saturated carbocycles. The third-order valence-corrected chi connectivity index (χ3v) is 11.1. The highest BCUT2D eigenvalue weighted by Crippen LogP contribution is 2.67. The van der Waals surface area contributed by atoms with E-state index < -0.39 is 0 Å². The number of fused-ring (bicyclic) bond motifs is 5. The highest BCUT2D eigenvalue weighted by Gasteiger charge is 2.59. The maximum Gasteiger partial charge on any atom is 0.0691 e. The second-order valence-corrected chi connectivity index (χ2v) is 13.3. The minimum Gasteiger partial charge on any atom is -0.375 e. The van der Waals surface area contributed by atoms with Crippen molar-refractivity contribution in [2.24, 2.45) is 46.3 Å². The van der Waals surface area contributed by atoms with Crippen molar-refractivity contribution < 1.29 is 4.74 Å². The molecule has 0 aromatic rings. The first kappa shape index (κ1) is 23.8. The highest BCUT2D eigenvalue weighted by atomic mass is 16.5. The molecule has 1 nitrogen and oxygen atoms in total. The van der Waals surface area contributed by atoms with Gasteiger partial charge in [-0.3, -0.25) is 0 Å². The monoisotopic (exact) mass is 428 g/mol. The summed E-state index contributed by atoms with van der Waals surface area (Å²) in [7, 11) is 0. The molecule has 0 bridgehead atoms. The third kappa shape index (κ3) is 4.20. The SMILES string of the molecule is CCO[C@@]1(C)CC[C@@]2(C)C(=CC[C@H]3[C@@H]4CC[C@H]([C@H](C)CCCC(C)C)[C@@]4(C)CC[C@@H]32)C1. The molecular formula is C30H52O. The van der Waals surface area contributed by atoms with Gasteiger partial charge in [-0.2, -0.15) is 0 Å². The smallest absolute Gasteiger partial charge is 0.0691 e. The molecule has 0 unspecified atom stereocenters. The van der Waals surface area contributed by atoms with Gasteiger partial charge in [-0.05, 0) is 112 Å². The molecule has 0 heterocycles. The van der Waals surface area contributed by atoms with Gasteiger partial charge in [0.2, 0.25) is 0 Å². The molecular weight excluding hydrogens is 376 g/mol. The van der Waals surface area contributed by atoms with Crippen LogP contribution in [0.5, 0.6) is 0 Å². The molecule has 0 radical (unpaired) electrons. The van der Waals surface area contributed by atoms with Gasteiger partial charge in [0.25, 0.3) is 0 Å². The van der Waals surface area contributed by atoms with E-state index in [2.05, 4.69) is 54.5 Å². The Morgan fingerprint density at radius 1 is 0.968 bits per heavy atom. The van der Waals surface area contributed by atoms with Crippen molar-refractivity contribution in [3.63, 3.8) is 0 Å². The molecule has 0 aromatic heterocycles. The average Bonchev–Trinajstić information content (AvgIpc) is 3.06. The lowest BCUT2D eigenvalue weighted by molar-refractivity contribution is -0.0904. The van der Waals surface area contributed by atoms with Crippen molar-refractivity contribution in [3.05, 3.63) is 11.6 Å². The molecule has 4 rings (SSSR count). The fraction of sp³-hybridized carbons (Fsp3) is 0.933. The van der Waals surface area contributed by atoms with E-state index in [0.717, 1.165) is 42.1 Å². The molecule has 0 aromatic carbocycles. The first-order valence-electron chi connectivity index (χ1n) is 14.0. The zero-order valence-electron chi connectivity index (χ0n) is 21.9. The molecule has 0 amide bonds. The quantitative estimate of drug-likeness (QED) is 0.368. The minimum absolute atomic E-state index is 0.0833. The normalized spacial score (nSPS) is 45.6. The van der Waals surface area contributed by atoms with Crippen LogP contribution in [0.1, 0.15) is 119 Å². The van der Waals surface area contributed by atoms with Crippen molar-refractivity contribution in [1.82, 2.24) is 0 Å². The van der Waals surface area contributed by atoms with Crippen molar-refractivity contribution in [2.45, 2.75) is 125 Å². The molecule has 31 heavy (non-hydrogen) atoms. The van der Waals surface area contributed by atoms with Gasteiger partial charge in [-0.25, -0.2) is 0 Å². The highest BCUT2D eigenvalue weighted by molar-refractivity contribution is 5.27. The average molecular weight is 429 g/mol. The molecule has 178 valence electrons. The van der Waals surface area contributed by atoms with Crippen molar-refractivity contribution in [2.75, 3.05) is 6.61 Å². The van der Waals surface area contributed by atoms with E-state index in [4.69, 9.17) is 4.74 Å². The van der Waals surface area contributed by atoms with Crippen LogP contribution in [0.25, 0.3) is 0 Å². The Morgan fingerprint density at radius 2 is 1.74 bits per heavy atom. The van der Waals surface area contributed by atoms with Gasteiger partial charge in [0.15, 0.2) is 0 Å². The maximum atomic E-state index is 6.23. The number of rotatable bonds is 7. The number of ether oxygens (including phenoxy) is 1. The van der Waals surface area contributed by atoms with Gasteiger partial charge >= 0.3 is 0 Å². The summed E-state index contributed by atoms with van der Waals surface area (Å²) in [5.74, 6) is 5.58. The Labute approximate surface area is 194 Å². The van der Waals surface area contributed by atoms with Crippen LogP contribution in [-0.2, 0) is 4.74 Å².